The number of aromatic nitrogens is 2. The summed E-state index contributed by atoms with van der Waals surface area (Å²) in [7, 11) is 0. The molecule has 104 valence electrons. The molecule has 1 aliphatic heterocycles. The van der Waals surface area contributed by atoms with E-state index in [0.29, 0.717) is 6.54 Å². The van der Waals surface area contributed by atoms with Gasteiger partial charge in [0.25, 0.3) is 0 Å². The van der Waals surface area contributed by atoms with Crippen molar-refractivity contribution < 1.29 is 9.90 Å². The average Bonchev–Trinajstić information content (AvgIpc) is 3.10. The lowest BCUT2D eigenvalue weighted by Crippen LogP contribution is -2.22. The Labute approximate surface area is 117 Å². The van der Waals surface area contributed by atoms with Gasteiger partial charge in [0.2, 0.25) is 0 Å². The lowest BCUT2D eigenvalue weighted by Gasteiger charge is -2.13. The maximum absolute atomic E-state index is 10.9. The van der Waals surface area contributed by atoms with Crippen LogP contribution in [-0.4, -0.2) is 38.8 Å². The highest BCUT2D eigenvalue weighted by molar-refractivity contribution is 5.70. The van der Waals surface area contributed by atoms with Gasteiger partial charge in [-0.1, -0.05) is 18.2 Å². The first-order valence-corrected chi connectivity index (χ1v) is 6.76. The molecule has 1 N–H and O–H groups in total. The van der Waals surface area contributed by atoms with E-state index in [1.807, 2.05) is 47.4 Å². The number of para-hydroxylation sites is 1. The number of carboxylic acids is 1. The Bertz CT molecular complexity index is 594. The number of hydrogen-bond donors (Lipinski definition) is 1. The lowest BCUT2D eigenvalue weighted by atomic mass is 10.1. The zero-order chi connectivity index (χ0) is 13.9. The molecule has 2 heterocycles. The Kier molecular flexibility index (Phi) is 3.52. The Hall–Kier alpha value is -2.14. The summed E-state index contributed by atoms with van der Waals surface area (Å²) in [6.45, 7) is 2.23. The van der Waals surface area contributed by atoms with E-state index in [1.165, 1.54) is 0 Å². The van der Waals surface area contributed by atoms with Crippen molar-refractivity contribution in [1.82, 2.24) is 14.7 Å². The Morgan fingerprint density at radius 1 is 1.35 bits per heavy atom. The summed E-state index contributed by atoms with van der Waals surface area (Å²) >= 11 is 0. The highest BCUT2D eigenvalue weighted by Gasteiger charge is 2.27. The van der Waals surface area contributed by atoms with Gasteiger partial charge < -0.3 is 5.11 Å². The minimum Gasteiger partial charge on any atom is -0.481 e. The first-order chi connectivity index (χ1) is 9.72. The maximum Gasteiger partial charge on any atom is 0.307 e. The molecule has 5 heteroatoms. The summed E-state index contributed by atoms with van der Waals surface area (Å²) in [5.74, 6) is -0.911. The molecule has 3 rings (SSSR count). The van der Waals surface area contributed by atoms with Gasteiger partial charge in [-0.15, -0.1) is 0 Å². The van der Waals surface area contributed by atoms with Crippen LogP contribution in [0.1, 0.15) is 12.0 Å². The summed E-state index contributed by atoms with van der Waals surface area (Å²) in [4.78, 5) is 13.1. The van der Waals surface area contributed by atoms with Crippen LogP contribution in [0, 0.1) is 5.92 Å². The largest absolute Gasteiger partial charge is 0.481 e. The van der Waals surface area contributed by atoms with E-state index in [9.17, 15) is 4.79 Å². The second-order valence-corrected chi connectivity index (χ2v) is 5.19. The van der Waals surface area contributed by atoms with Crippen molar-refractivity contribution >= 4 is 5.97 Å². The fourth-order valence-electron chi connectivity index (χ4n) is 2.60. The third-order valence-corrected chi connectivity index (χ3v) is 3.68. The highest BCUT2D eigenvalue weighted by Crippen LogP contribution is 2.19. The van der Waals surface area contributed by atoms with Gasteiger partial charge in [0, 0.05) is 24.8 Å². The van der Waals surface area contributed by atoms with Crippen LogP contribution in [0.4, 0.5) is 0 Å². The molecular weight excluding hydrogens is 254 g/mol. The number of carboxylic acid groups (broad SMARTS) is 1. The van der Waals surface area contributed by atoms with Crippen LogP contribution in [-0.2, 0) is 11.3 Å². The molecule has 0 aliphatic carbocycles. The quantitative estimate of drug-likeness (QED) is 0.921. The van der Waals surface area contributed by atoms with Crippen molar-refractivity contribution in [2.24, 2.45) is 5.92 Å². The molecule has 0 bridgehead atoms. The van der Waals surface area contributed by atoms with Crippen LogP contribution >= 0.6 is 0 Å². The maximum atomic E-state index is 10.9. The summed E-state index contributed by atoms with van der Waals surface area (Å²) in [6, 6.07) is 9.95. The molecule has 2 aromatic rings. The molecule has 0 amide bonds. The molecular formula is C15H17N3O2. The highest BCUT2D eigenvalue weighted by atomic mass is 16.4. The smallest absolute Gasteiger partial charge is 0.307 e. The Morgan fingerprint density at radius 3 is 2.85 bits per heavy atom. The van der Waals surface area contributed by atoms with Crippen molar-refractivity contribution in [2.75, 3.05) is 13.1 Å². The van der Waals surface area contributed by atoms with Crippen molar-refractivity contribution in [2.45, 2.75) is 13.0 Å². The van der Waals surface area contributed by atoms with Gasteiger partial charge in [-0.05, 0) is 25.1 Å². The number of nitrogens with zero attached hydrogens (tertiary/aromatic N) is 3. The molecule has 1 aliphatic rings. The topological polar surface area (TPSA) is 58.4 Å². The summed E-state index contributed by atoms with van der Waals surface area (Å²) in [5, 5.41) is 13.4. The SMILES string of the molecule is O=C(O)[C@@H]1CCN(Cc2cnn(-c3ccccc3)c2)C1. The standard InChI is InChI=1S/C15H17N3O2/c19-15(20)13-6-7-17(11-13)9-12-8-16-18(10-12)14-4-2-1-3-5-14/h1-5,8,10,13H,6-7,9,11H2,(H,19,20)/t13-/m1/s1. The zero-order valence-corrected chi connectivity index (χ0v) is 11.1. The molecule has 1 aromatic heterocycles. The van der Waals surface area contributed by atoms with Crippen molar-refractivity contribution in [3.05, 3.63) is 48.3 Å². The number of rotatable bonds is 4. The Morgan fingerprint density at radius 2 is 2.15 bits per heavy atom. The zero-order valence-electron chi connectivity index (χ0n) is 11.1. The van der Waals surface area contributed by atoms with Gasteiger partial charge in [0.15, 0.2) is 0 Å². The third kappa shape index (κ3) is 2.72. The number of benzene rings is 1. The van der Waals surface area contributed by atoms with Gasteiger partial charge >= 0.3 is 5.97 Å². The average molecular weight is 271 g/mol. The minimum absolute atomic E-state index is 0.223. The van der Waals surface area contributed by atoms with Crippen LogP contribution in [0.3, 0.4) is 0 Å². The molecule has 0 saturated carbocycles. The van der Waals surface area contributed by atoms with Gasteiger partial charge in [0.05, 0.1) is 17.8 Å². The number of hydrogen-bond acceptors (Lipinski definition) is 3. The predicted molar refractivity (Wildman–Crippen MR) is 74.6 cm³/mol. The summed E-state index contributed by atoms with van der Waals surface area (Å²) in [6.07, 6.45) is 4.59. The molecule has 1 saturated heterocycles. The van der Waals surface area contributed by atoms with Crippen LogP contribution < -0.4 is 0 Å². The van der Waals surface area contributed by atoms with Crippen LogP contribution in [0.15, 0.2) is 42.7 Å². The molecule has 1 atom stereocenters. The predicted octanol–water partition coefficient (Wildman–Crippen LogP) is 1.78. The van der Waals surface area contributed by atoms with E-state index < -0.39 is 5.97 Å². The molecule has 20 heavy (non-hydrogen) atoms. The van der Waals surface area contributed by atoms with E-state index in [1.54, 1.807) is 0 Å². The molecule has 0 radical (unpaired) electrons. The van der Waals surface area contributed by atoms with Gasteiger partial charge in [-0.25, -0.2) is 4.68 Å². The summed E-state index contributed by atoms with van der Waals surface area (Å²) in [5.41, 5.74) is 2.14. The van der Waals surface area contributed by atoms with Gasteiger partial charge in [-0.3, -0.25) is 9.69 Å². The Balaban J connectivity index is 1.65. The minimum atomic E-state index is -0.688. The first kappa shape index (κ1) is 12.9. The second-order valence-electron chi connectivity index (χ2n) is 5.19. The van der Waals surface area contributed by atoms with E-state index in [-0.39, 0.29) is 5.92 Å². The third-order valence-electron chi connectivity index (χ3n) is 3.68. The van der Waals surface area contributed by atoms with E-state index in [0.717, 1.165) is 30.8 Å². The molecule has 0 spiro atoms. The van der Waals surface area contributed by atoms with Crippen molar-refractivity contribution in [3.8, 4) is 5.69 Å². The second kappa shape index (κ2) is 5.46. The fourth-order valence-corrected chi connectivity index (χ4v) is 2.60. The molecule has 1 aromatic carbocycles. The number of likely N-dealkylation sites (tertiary alicyclic amines) is 1. The van der Waals surface area contributed by atoms with E-state index in [4.69, 9.17) is 5.11 Å². The fraction of sp³-hybridized carbons (Fsp3) is 0.333. The molecule has 0 unspecified atom stereocenters. The monoisotopic (exact) mass is 271 g/mol. The lowest BCUT2D eigenvalue weighted by molar-refractivity contribution is -0.141. The summed E-state index contributed by atoms with van der Waals surface area (Å²) < 4.78 is 1.85. The van der Waals surface area contributed by atoms with Crippen molar-refractivity contribution in [3.63, 3.8) is 0 Å². The van der Waals surface area contributed by atoms with Crippen LogP contribution in [0.2, 0.25) is 0 Å². The molecule has 5 nitrogen and oxygen atoms in total. The first-order valence-electron chi connectivity index (χ1n) is 6.76. The number of carbonyl (C=O) groups is 1. The molecule has 1 fully saturated rings. The van der Waals surface area contributed by atoms with E-state index >= 15 is 0 Å². The van der Waals surface area contributed by atoms with Gasteiger partial charge in [-0.2, -0.15) is 5.10 Å². The van der Waals surface area contributed by atoms with E-state index in [2.05, 4.69) is 10.00 Å². The number of aliphatic carboxylic acids is 1. The van der Waals surface area contributed by atoms with Crippen LogP contribution in [0.25, 0.3) is 5.69 Å². The van der Waals surface area contributed by atoms with Crippen LogP contribution in [0.5, 0.6) is 0 Å². The van der Waals surface area contributed by atoms with Gasteiger partial charge in [0.1, 0.15) is 0 Å². The normalized spacial score (nSPS) is 19.3. The van der Waals surface area contributed by atoms with Crippen molar-refractivity contribution in [1.29, 1.82) is 0 Å².